The standard InChI is InChI=1S/C20H17Cl4N3O2S2/c21-14-1-2-19(18(24)11-14)31(28,29)27-5-3-26(4-6-27)20-25-17(12-30-20)9-13-7-15(22)10-16(23)8-13/h1-2,7-8,10-12H,3-6,9H2. The lowest BCUT2D eigenvalue weighted by Gasteiger charge is -2.33. The van der Waals surface area contributed by atoms with Gasteiger partial charge < -0.3 is 4.90 Å². The van der Waals surface area contributed by atoms with E-state index < -0.39 is 10.0 Å². The Balaban J connectivity index is 1.42. The summed E-state index contributed by atoms with van der Waals surface area (Å²) in [5.41, 5.74) is 1.91. The molecule has 0 unspecified atom stereocenters. The van der Waals surface area contributed by atoms with Gasteiger partial charge >= 0.3 is 0 Å². The second-order valence-corrected chi connectivity index (χ2v) is 11.5. The Morgan fingerprint density at radius 3 is 2.23 bits per heavy atom. The van der Waals surface area contributed by atoms with Crippen LogP contribution in [0.4, 0.5) is 5.13 Å². The fraction of sp³-hybridized carbons (Fsp3) is 0.250. The van der Waals surface area contributed by atoms with Crippen molar-refractivity contribution in [2.24, 2.45) is 0 Å². The number of anilines is 1. The number of hydrogen-bond acceptors (Lipinski definition) is 5. The number of aromatic nitrogens is 1. The van der Waals surface area contributed by atoms with Gasteiger partial charge in [0.05, 0.1) is 10.7 Å². The highest BCUT2D eigenvalue weighted by molar-refractivity contribution is 7.89. The molecular weight excluding hydrogens is 520 g/mol. The number of thiazole rings is 1. The van der Waals surface area contributed by atoms with Crippen LogP contribution in [0.1, 0.15) is 11.3 Å². The van der Waals surface area contributed by atoms with E-state index in [2.05, 4.69) is 4.90 Å². The Hall–Kier alpha value is -1.06. The van der Waals surface area contributed by atoms with Gasteiger partial charge in [-0.3, -0.25) is 0 Å². The topological polar surface area (TPSA) is 53.5 Å². The summed E-state index contributed by atoms with van der Waals surface area (Å²) in [4.78, 5) is 6.88. The third-order valence-electron chi connectivity index (χ3n) is 4.87. The molecule has 0 amide bonds. The Bertz CT molecular complexity index is 1190. The SMILES string of the molecule is O=S(=O)(c1ccc(Cl)cc1Cl)N1CCN(c2nc(Cc3cc(Cl)cc(Cl)c3)cs2)CC1. The molecule has 31 heavy (non-hydrogen) atoms. The molecule has 0 N–H and O–H groups in total. The van der Waals surface area contributed by atoms with E-state index >= 15 is 0 Å². The van der Waals surface area contributed by atoms with Gasteiger partial charge in [-0.25, -0.2) is 13.4 Å². The van der Waals surface area contributed by atoms with E-state index in [0.717, 1.165) is 16.4 Å². The van der Waals surface area contributed by atoms with Crippen LogP contribution in [0.15, 0.2) is 46.7 Å². The van der Waals surface area contributed by atoms with Crippen LogP contribution in [0.3, 0.4) is 0 Å². The summed E-state index contributed by atoms with van der Waals surface area (Å²) in [6.07, 6.45) is 0.625. The zero-order valence-electron chi connectivity index (χ0n) is 16.1. The van der Waals surface area contributed by atoms with Gasteiger partial charge in [-0.2, -0.15) is 4.31 Å². The summed E-state index contributed by atoms with van der Waals surface area (Å²) in [7, 11) is -3.68. The number of hydrogen-bond donors (Lipinski definition) is 0. The first-order chi connectivity index (χ1) is 14.7. The third-order valence-corrected chi connectivity index (χ3v) is 8.87. The summed E-state index contributed by atoms with van der Waals surface area (Å²) < 4.78 is 27.4. The van der Waals surface area contributed by atoms with Crippen molar-refractivity contribution >= 4 is 72.9 Å². The molecule has 0 spiro atoms. The number of piperazine rings is 1. The van der Waals surface area contributed by atoms with Crippen LogP contribution in [0.2, 0.25) is 20.1 Å². The zero-order valence-corrected chi connectivity index (χ0v) is 20.7. The fourth-order valence-electron chi connectivity index (χ4n) is 3.39. The summed E-state index contributed by atoms with van der Waals surface area (Å²) >= 11 is 25.7. The van der Waals surface area contributed by atoms with Crippen LogP contribution in [0.5, 0.6) is 0 Å². The summed E-state index contributed by atoms with van der Waals surface area (Å²) in [6, 6.07) is 9.86. The molecule has 0 bridgehead atoms. The lowest BCUT2D eigenvalue weighted by molar-refractivity contribution is 0.384. The van der Waals surface area contributed by atoms with Gasteiger partial charge in [-0.05, 0) is 42.0 Å². The Morgan fingerprint density at radius 2 is 1.58 bits per heavy atom. The predicted molar refractivity (Wildman–Crippen MR) is 129 cm³/mol. The molecule has 5 nitrogen and oxygen atoms in total. The smallest absolute Gasteiger partial charge is 0.244 e. The zero-order chi connectivity index (χ0) is 22.2. The molecule has 1 aromatic heterocycles. The minimum absolute atomic E-state index is 0.0729. The van der Waals surface area contributed by atoms with Gasteiger partial charge in [0.2, 0.25) is 10.0 Å². The molecule has 4 rings (SSSR count). The van der Waals surface area contributed by atoms with Crippen molar-refractivity contribution in [1.82, 2.24) is 9.29 Å². The molecule has 1 saturated heterocycles. The molecule has 0 saturated carbocycles. The van der Waals surface area contributed by atoms with Gasteiger partial charge in [0.25, 0.3) is 0 Å². The number of rotatable bonds is 5. The van der Waals surface area contributed by atoms with Crippen LogP contribution < -0.4 is 4.90 Å². The van der Waals surface area contributed by atoms with Crippen molar-refractivity contribution < 1.29 is 8.42 Å². The Labute approximate surface area is 205 Å². The monoisotopic (exact) mass is 535 g/mol. The maximum atomic E-state index is 13.0. The highest BCUT2D eigenvalue weighted by atomic mass is 35.5. The van der Waals surface area contributed by atoms with Crippen molar-refractivity contribution in [2.45, 2.75) is 11.3 Å². The van der Waals surface area contributed by atoms with Crippen molar-refractivity contribution in [3.05, 3.63) is 73.1 Å². The first-order valence-electron chi connectivity index (χ1n) is 9.32. The summed E-state index contributed by atoms with van der Waals surface area (Å²) in [5.74, 6) is 0. The maximum Gasteiger partial charge on any atom is 0.244 e. The first kappa shape index (κ1) is 23.1. The number of sulfonamides is 1. The van der Waals surface area contributed by atoms with E-state index in [1.165, 1.54) is 33.8 Å². The van der Waals surface area contributed by atoms with E-state index in [0.29, 0.717) is 47.7 Å². The summed E-state index contributed by atoms with van der Waals surface area (Å²) in [6.45, 7) is 1.78. The lowest BCUT2D eigenvalue weighted by Crippen LogP contribution is -2.48. The molecule has 2 heterocycles. The molecule has 1 fully saturated rings. The second kappa shape index (κ2) is 9.43. The van der Waals surface area contributed by atoms with Crippen LogP contribution in [0, 0.1) is 0 Å². The molecular formula is C20H17Cl4N3O2S2. The lowest BCUT2D eigenvalue weighted by atomic mass is 10.1. The van der Waals surface area contributed by atoms with E-state index in [9.17, 15) is 8.42 Å². The van der Waals surface area contributed by atoms with Crippen LogP contribution in [-0.4, -0.2) is 43.9 Å². The average molecular weight is 537 g/mol. The predicted octanol–water partition coefficient (Wildman–Crippen LogP) is 5.86. The first-order valence-corrected chi connectivity index (χ1v) is 13.1. The molecule has 0 atom stereocenters. The molecule has 164 valence electrons. The largest absolute Gasteiger partial charge is 0.345 e. The van der Waals surface area contributed by atoms with Gasteiger partial charge in [0.1, 0.15) is 4.90 Å². The van der Waals surface area contributed by atoms with Crippen LogP contribution in [-0.2, 0) is 16.4 Å². The van der Waals surface area contributed by atoms with Gasteiger partial charge in [0, 0.05) is 53.0 Å². The van der Waals surface area contributed by atoms with E-state index in [4.69, 9.17) is 51.4 Å². The molecule has 11 heteroatoms. The van der Waals surface area contributed by atoms with E-state index in [1.54, 1.807) is 6.07 Å². The van der Waals surface area contributed by atoms with Gasteiger partial charge in [-0.15, -0.1) is 11.3 Å². The number of benzene rings is 2. The van der Waals surface area contributed by atoms with Crippen LogP contribution in [0.25, 0.3) is 0 Å². The second-order valence-electron chi connectivity index (χ2n) is 7.04. The van der Waals surface area contributed by atoms with Crippen molar-refractivity contribution in [3.63, 3.8) is 0 Å². The summed E-state index contributed by atoms with van der Waals surface area (Å²) in [5, 5.41) is 4.58. The van der Waals surface area contributed by atoms with Gasteiger partial charge in [-0.1, -0.05) is 46.4 Å². The van der Waals surface area contributed by atoms with Crippen molar-refractivity contribution in [1.29, 1.82) is 0 Å². The normalized spacial score (nSPS) is 15.4. The van der Waals surface area contributed by atoms with Crippen molar-refractivity contribution in [3.8, 4) is 0 Å². The van der Waals surface area contributed by atoms with Crippen molar-refractivity contribution in [2.75, 3.05) is 31.1 Å². The van der Waals surface area contributed by atoms with E-state index in [1.807, 2.05) is 17.5 Å². The van der Waals surface area contributed by atoms with Crippen LogP contribution >= 0.6 is 57.7 Å². The molecule has 1 aliphatic rings. The molecule has 0 radical (unpaired) electrons. The molecule has 2 aromatic carbocycles. The Kier molecular flexibility index (Phi) is 7.03. The minimum Gasteiger partial charge on any atom is -0.345 e. The highest BCUT2D eigenvalue weighted by Crippen LogP contribution is 2.30. The third kappa shape index (κ3) is 5.30. The molecule has 0 aliphatic carbocycles. The number of halogens is 4. The minimum atomic E-state index is -3.68. The fourth-order valence-corrected chi connectivity index (χ4v) is 7.01. The molecule has 1 aliphatic heterocycles. The maximum absolute atomic E-state index is 13.0. The van der Waals surface area contributed by atoms with Gasteiger partial charge in [0.15, 0.2) is 5.13 Å². The number of nitrogens with zero attached hydrogens (tertiary/aromatic N) is 3. The highest BCUT2D eigenvalue weighted by Gasteiger charge is 2.31. The van der Waals surface area contributed by atoms with E-state index in [-0.39, 0.29) is 9.92 Å². The molecule has 3 aromatic rings. The average Bonchev–Trinajstić information content (AvgIpc) is 3.15. The quantitative estimate of drug-likeness (QED) is 0.410. The Morgan fingerprint density at radius 1 is 0.903 bits per heavy atom.